The molecule has 2 unspecified atom stereocenters. The zero-order valence-electron chi connectivity index (χ0n) is 15.0. The summed E-state index contributed by atoms with van der Waals surface area (Å²) in [5, 5.41) is 0. The van der Waals surface area contributed by atoms with Crippen LogP contribution in [0.25, 0.3) is 0 Å². The third kappa shape index (κ3) is 3.33. The van der Waals surface area contributed by atoms with Crippen LogP contribution in [0.2, 0.25) is 0 Å². The molecule has 130 valence electrons. The zero-order chi connectivity index (χ0) is 17.3. The van der Waals surface area contributed by atoms with Gasteiger partial charge in [-0.05, 0) is 36.3 Å². The first-order chi connectivity index (χ1) is 11.5. The number of likely N-dealkylation sites (tertiary alicyclic amines) is 1. The minimum absolute atomic E-state index is 0.0755. The highest BCUT2D eigenvalue weighted by atomic mass is 16.2. The van der Waals surface area contributed by atoms with E-state index in [1.807, 2.05) is 28.0 Å². The van der Waals surface area contributed by atoms with Crippen molar-refractivity contribution in [2.45, 2.75) is 46.0 Å². The topological polar surface area (TPSA) is 40.6 Å². The lowest BCUT2D eigenvalue weighted by Crippen LogP contribution is -2.43. The first-order valence-corrected chi connectivity index (χ1v) is 9.15. The first kappa shape index (κ1) is 17.0. The summed E-state index contributed by atoms with van der Waals surface area (Å²) < 4.78 is 0. The molecule has 2 heterocycles. The lowest BCUT2D eigenvalue weighted by molar-refractivity contribution is -0.137. The molecule has 24 heavy (non-hydrogen) atoms. The number of carbonyl (C=O) groups excluding carboxylic acids is 2. The van der Waals surface area contributed by atoms with Gasteiger partial charge in [0.05, 0.1) is 5.92 Å². The van der Waals surface area contributed by atoms with Crippen LogP contribution in [-0.4, -0.2) is 36.3 Å². The van der Waals surface area contributed by atoms with E-state index in [-0.39, 0.29) is 17.7 Å². The van der Waals surface area contributed by atoms with E-state index < -0.39 is 0 Å². The van der Waals surface area contributed by atoms with E-state index in [1.54, 1.807) is 0 Å². The van der Waals surface area contributed by atoms with Crippen LogP contribution >= 0.6 is 0 Å². The molecule has 2 saturated heterocycles. The van der Waals surface area contributed by atoms with Crippen molar-refractivity contribution in [3.63, 3.8) is 0 Å². The second-order valence-corrected chi connectivity index (χ2v) is 7.65. The van der Waals surface area contributed by atoms with Gasteiger partial charge in [-0.2, -0.15) is 0 Å². The highest BCUT2D eigenvalue weighted by Gasteiger charge is 2.38. The lowest BCUT2D eigenvalue weighted by Gasteiger charge is -2.32. The predicted octanol–water partition coefficient (Wildman–Crippen LogP) is 3.42. The SMILES string of the molecule is CC1CCCN(C(=O)C2CC(=O)N(c3ccccc3C(C)C)C2)C1. The third-order valence-electron chi connectivity index (χ3n) is 5.29. The molecule has 2 aliphatic rings. The molecule has 0 N–H and O–H groups in total. The molecule has 0 radical (unpaired) electrons. The predicted molar refractivity (Wildman–Crippen MR) is 96.0 cm³/mol. The van der Waals surface area contributed by atoms with Gasteiger partial charge in [-0.25, -0.2) is 0 Å². The van der Waals surface area contributed by atoms with E-state index in [1.165, 1.54) is 12.0 Å². The van der Waals surface area contributed by atoms with Gasteiger partial charge in [-0.1, -0.05) is 39.0 Å². The van der Waals surface area contributed by atoms with E-state index in [4.69, 9.17) is 0 Å². The first-order valence-electron chi connectivity index (χ1n) is 9.15. The van der Waals surface area contributed by atoms with Crippen molar-refractivity contribution in [3.8, 4) is 0 Å². The molecule has 0 aliphatic carbocycles. The number of nitrogens with zero attached hydrogens (tertiary/aromatic N) is 2. The quantitative estimate of drug-likeness (QED) is 0.853. The smallest absolute Gasteiger partial charge is 0.228 e. The Morgan fingerprint density at radius 3 is 2.67 bits per heavy atom. The number of amides is 2. The van der Waals surface area contributed by atoms with Crippen LogP contribution in [-0.2, 0) is 9.59 Å². The van der Waals surface area contributed by atoms with Crippen LogP contribution in [0.5, 0.6) is 0 Å². The summed E-state index contributed by atoms with van der Waals surface area (Å²) in [4.78, 5) is 29.2. The molecule has 1 aromatic rings. The van der Waals surface area contributed by atoms with E-state index in [2.05, 4.69) is 26.8 Å². The molecule has 2 amide bonds. The Bertz CT molecular complexity index is 626. The molecule has 2 atom stereocenters. The highest BCUT2D eigenvalue weighted by molar-refractivity contribution is 6.00. The van der Waals surface area contributed by atoms with Crippen LogP contribution in [0.1, 0.15) is 51.5 Å². The zero-order valence-corrected chi connectivity index (χ0v) is 15.0. The summed E-state index contributed by atoms with van der Waals surface area (Å²) in [5.41, 5.74) is 2.14. The van der Waals surface area contributed by atoms with Crippen LogP contribution in [0.3, 0.4) is 0 Å². The monoisotopic (exact) mass is 328 g/mol. The summed E-state index contributed by atoms with van der Waals surface area (Å²) in [6.07, 6.45) is 2.62. The third-order valence-corrected chi connectivity index (χ3v) is 5.29. The molecular formula is C20H28N2O2. The van der Waals surface area contributed by atoms with Gasteiger partial charge < -0.3 is 9.80 Å². The molecule has 2 aliphatic heterocycles. The molecule has 4 heteroatoms. The Hall–Kier alpha value is -1.84. The molecule has 0 saturated carbocycles. The number of hydrogen-bond acceptors (Lipinski definition) is 2. The van der Waals surface area contributed by atoms with E-state index in [0.29, 0.717) is 24.8 Å². The fourth-order valence-electron chi connectivity index (χ4n) is 3.98. The molecule has 4 nitrogen and oxygen atoms in total. The minimum atomic E-state index is -0.192. The van der Waals surface area contributed by atoms with Gasteiger partial charge in [0, 0.05) is 31.7 Å². The van der Waals surface area contributed by atoms with Gasteiger partial charge in [0.1, 0.15) is 0 Å². The summed E-state index contributed by atoms with van der Waals surface area (Å²) in [7, 11) is 0. The maximum absolute atomic E-state index is 12.8. The summed E-state index contributed by atoms with van der Waals surface area (Å²) in [6, 6.07) is 8.06. The molecule has 0 aromatic heterocycles. The number of piperidine rings is 1. The lowest BCUT2D eigenvalue weighted by atomic mass is 9.98. The minimum Gasteiger partial charge on any atom is -0.342 e. The van der Waals surface area contributed by atoms with Gasteiger partial charge in [-0.15, -0.1) is 0 Å². The maximum atomic E-state index is 12.8. The molecule has 3 rings (SSSR count). The largest absolute Gasteiger partial charge is 0.342 e. The molecule has 1 aromatic carbocycles. The average molecular weight is 328 g/mol. The van der Waals surface area contributed by atoms with E-state index >= 15 is 0 Å². The standard InChI is InChI=1S/C20H28N2O2/c1-14(2)17-8-4-5-9-18(17)22-13-16(11-19(22)23)20(24)21-10-6-7-15(3)12-21/h4-5,8-9,14-16H,6-7,10-13H2,1-3H3. The van der Waals surface area contributed by atoms with E-state index in [0.717, 1.165) is 25.2 Å². The second kappa shape index (κ2) is 6.96. The van der Waals surface area contributed by atoms with Gasteiger partial charge in [0.15, 0.2) is 0 Å². The summed E-state index contributed by atoms with van der Waals surface area (Å²) in [5.74, 6) is 0.971. The molecule has 2 fully saturated rings. The highest BCUT2D eigenvalue weighted by Crippen LogP contribution is 2.33. The second-order valence-electron chi connectivity index (χ2n) is 7.65. The van der Waals surface area contributed by atoms with Crippen molar-refractivity contribution in [1.82, 2.24) is 4.90 Å². The average Bonchev–Trinajstić information content (AvgIpc) is 2.95. The van der Waals surface area contributed by atoms with Crippen LogP contribution < -0.4 is 4.90 Å². The Morgan fingerprint density at radius 2 is 1.96 bits per heavy atom. The normalized spacial score (nSPS) is 24.8. The van der Waals surface area contributed by atoms with Crippen LogP contribution in [0.15, 0.2) is 24.3 Å². The number of carbonyl (C=O) groups is 2. The Balaban J connectivity index is 1.75. The molecule has 0 spiro atoms. The number of benzene rings is 1. The maximum Gasteiger partial charge on any atom is 0.228 e. The Labute approximate surface area is 144 Å². The van der Waals surface area contributed by atoms with Crippen molar-refractivity contribution in [1.29, 1.82) is 0 Å². The molecule has 0 bridgehead atoms. The Morgan fingerprint density at radius 1 is 1.21 bits per heavy atom. The fourth-order valence-corrected chi connectivity index (χ4v) is 3.98. The number of hydrogen-bond donors (Lipinski definition) is 0. The number of anilines is 1. The van der Waals surface area contributed by atoms with Crippen molar-refractivity contribution < 1.29 is 9.59 Å². The van der Waals surface area contributed by atoms with Gasteiger partial charge in [-0.3, -0.25) is 9.59 Å². The number of para-hydroxylation sites is 1. The van der Waals surface area contributed by atoms with Crippen molar-refractivity contribution >= 4 is 17.5 Å². The summed E-state index contributed by atoms with van der Waals surface area (Å²) >= 11 is 0. The van der Waals surface area contributed by atoms with Crippen LogP contribution in [0.4, 0.5) is 5.69 Å². The van der Waals surface area contributed by atoms with Gasteiger partial charge in [0.25, 0.3) is 0 Å². The van der Waals surface area contributed by atoms with Gasteiger partial charge in [0.2, 0.25) is 11.8 Å². The van der Waals surface area contributed by atoms with Crippen molar-refractivity contribution in [3.05, 3.63) is 29.8 Å². The van der Waals surface area contributed by atoms with Crippen molar-refractivity contribution in [2.24, 2.45) is 11.8 Å². The Kier molecular flexibility index (Phi) is 4.93. The van der Waals surface area contributed by atoms with Crippen molar-refractivity contribution in [2.75, 3.05) is 24.5 Å². The van der Waals surface area contributed by atoms with E-state index in [9.17, 15) is 9.59 Å². The summed E-state index contributed by atoms with van der Waals surface area (Å²) in [6.45, 7) is 8.67. The van der Waals surface area contributed by atoms with Gasteiger partial charge >= 0.3 is 0 Å². The fraction of sp³-hybridized carbons (Fsp3) is 0.600. The molecular weight excluding hydrogens is 300 g/mol. The van der Waals surface area contributed by atoms with Crippen LogP contribution in [0, 0.1) is 11.8 Å². The number of rotatable bonds is 3.